The molecule has 57 heavy (non-hydrogen) atoms. The number of aromatic amines is 1. The lowest BCUT2D eigenvalue weighted by Crippen LogP contribution is -2.50. The number of hydrogen-bond acceptors (Lipinski definition) is 14. The Morgan fingerprint density at radius 3 is 1.74 bits per heavy atom. The summed E-state index contributed by atoms with van der Waals surface area (Å²) in [6, 6.07) is 2.41. The van der Waals surface area contributed by atoms with Gasteiger partial charge >= 0.3 is 0 Å². The molecule has 0 radical (unpaired) electrons. The van der Waals surface area contributed by atoms with Crippen molar-refractivity contribution in [3.05, 3.63) is 35.7 Å². The molecule has 1 atom stereocenters. The summed E-state index contributed by atoms with van der Waals surface area (Å²) in [5.74, 6) is -1.15. The standard InChI is InChI=1S/C35H58N15O6P/c1-26(2)50(27(3)4)57(56-19-9-17-36)55-18-8-7-10-34(54)41-35(14-11-31(51)37-20-28-23-40-45-42-28,15-12-32(52)38-21-29-24-48(5)46-43-29)16-13-33(53)39-22-30-25-49(6)47-44-30/h23-27H,7-16,18-22H2,1-6H3,(H,37,51)(H,38,52)(H,39,53)(H,41,54)(H,40,42,45). The van der Waals surface area contributed by atoms with E-state index in [4.69, 9.17) is 14.3 Å². The van der Waals surface area contributed by atoms with Crippen LogP contribution in [0.2, 0.25) is 0 Å². The van der Waals surface area contributed by atoms with Crippen molar-refractivity contribution >= 4 is 32.2 Å². The summed E-state index contributed by atoms with van der Waals surface area (Å²) >= 11 is 0. The fraction of sp³-hybridized carbons (Fsp3) is 0.686. The molecular formula is C35H58N15O6P. The van der Waals surface area contributed by atoms with E-state index >= 15 is 0 Å². The topological polar surface area (TPSA) is 265 Å². The van der Waals surface area contributed by atoms with Crippen LogP contribution in [0.15, 0.2) is 18.6 Å². The van der Waals surface area contributed by atoms with Crippen LogP contribution in [0, 0.1) is 11.3 Å². The van der Waals surface area contributed by atoms with Crippen molar-refractivity contribution in [2.24, 2.45) is 14.1 Å². The van der Waals surface area contributed by atoms with Crippen molar-refractivity contribution in [3.63, 3.8) is 0 Å². The van der Waals surface area contributed by atoms with Crippen molar-refractivity contribution in [3.8, 4) is 6.07 Å². The molecule has 3 heterocycles. The normalized spacial score (nSPS) is 12.1. The van der Waals surface area contributed by atoms with Crippen LogP contribution in [-0.2, 0) is 62.0 Å². The van der Waals surface area contributed by atoms with Gasteiger partial charge in [-0.3, -0.25) is 28.5 Å². The summed E-state index contributed by atoms with van der Waals surface area (Å²) < 4.78 is 17.4. The fourth-order valence-corrected chi connectivity index (χ4v) is 7.55. The summed E-state index contributed by atoms with van der Waals surface area (Å²) in [4.78, 5) is 53.0. The van der Waals surface area contributed by atoms with E-state index in [-0.39, 0.29) is 113 Å². The Labute approximate surface area is 334 Å². The molecule has 3 rings (SSSR count). The number of nitriles is 1. The molecular weight excluding hydrogens is 757 g/mol. The Morgan fingerprint density at radius 2 is 1.30 bits per heavy atom. The Morgan fingerprint density at radius 1 is 0.789 bits per heavy atom. The minimum absolute atomic E-state index is 0.00592. The molecule has 0 saturated heterocycles. The summed E-state index contributed by atoms with van der Waals surface area (Å²) in [5.41, 5.74) is 0.625. The van der Waals surface area contributed by atoms with Crippen LogP contribution in [-0.4, -0.2) is 105 Å². The van der Waals surface area contributed by atoms with Gasteiger partial charge in [0.05, 0.1) is 51.5 Å². The van der Waals surface area contributed by atoms with Gasteiger partial charge in [-0.25, -0.2) is 4.67 Å². The largest absolute Gasteiger partial charge is 0.351 e. The van der Waals surface area contributed by atoms with Gasteiger partial charge in [-0.1, -0.05) is 10.4 Å². The Balaban J connectivity index is 1.71. The van der Waals surface area contributed by atoms with E-state index < -0.39 is 14.1 Å². The van der Waals surface area contributed by atoms with Crippen molar-refractivity contribution in [2.75, 3.05) is 13.2 Å². The fourth-order valence-electron chi connectivity index (χ4n) is 5.92. The zero-order chi connectivity index (χ0) is 41.6. The summed E-state index contributed by atoms with van der Waals surface area (Å²) in [5, 5.41) is 46.7. The number of aryl methyl sites for hydroxylation is 2. The van der Waals surface area contributed by atoms with Crippen molar-refractivity contribution < 1.29 is 28.2 Å². The van der Waals surface area contributed by atoms with E-state index in [2.05, 4.69) is 95.7 Å². The number of aromatic nitrogens is 9. The number of amides is 4. The molecule has 0 aliphatic rings. The lowest BCUT2D eigenvalue weighted by Gasteiger charge is -2.35. The zero-order valence-electron chi connectivity index (χ0n) is 33.9. The third kappa shape index (κ3) is 17.8. The van der Waals surface area contributed by atoms with Crippen LogP contribution in [0.3, 0.4) is 0 Å². The van der Waals surface area contributed by atoms with Crippen LogP contribution < -0.4 is 21.3 Å². The van der Waals surface area contributed by atoms with Gasteiger partial charge in [-0.2, -0.15) is 20.7 Å². The molecule has 5 N–H and O–H groups in total. The van der Waals surface area contributed by atoms with Gasteiger partial charge in [-0.05, 0) is 59.8 Å². The number of nitrogens with one attached hydrogen (secondary N) is 5. The van der Waals surface area contributed by atoms with Crippen LogP contribution in [0.4, 0.5) is 0 Å². The monoisotopic (exact) mass is 815 g/mol. The number of carbonyl (C=O) groups excluding carboxylic acids is 4. The molecule has 0 spiro atoms. The first-order valence-electron chi connectivity index (χ1n) is 19.2. The average molecular weight is 816 g/mol. The molecule has 3 aromatic heterocycles. The maximum Gasteiger partial charge on any atom is 0.259 e. The predicted octanol–water partition coefficient (Wildman–Crippen LogP) is 1.97. The van der Waals surface area contributed by atoms with Crippen LogP contribution in [0.5, 0.6) is 0 Å². The molecule has 3 aromatic rings. The molecule has 4 amide bonds. The lowest BCUT2D eigenvalue weighted by atomic mass is 9.82. The lowest BCUT2D eigenvalue weighted by molar-refractivity contribution is -0.127. The van der Waals surface area contributed by atoms with Gasteiger partial charge in [0.15, 0.2) is 0 Å². The Kier molecular flexibility index (Phi) is 20.1. The number of unbranched alkanes of at least 4 members (excludes halogenated alkanes) is 1. The highest BCUT2D eigenvalue weighted by molar-refractivity contribution is 7.44. The molecule has 0 aliphatic carbocycles. The van der Waals surface area contributed by atoms with E-state index in [0.717, 1.165) is 0 Å². The number of rotatable bonds is 28. The highest BCUT2D eigenvalue weighted by Gasteiger charge is 2.34. The third-order valence-electron chi connectivity index (χ3n) is 8.72. The third-order valence-corrected chi connectivity index (χ3v) is 10.8. The van der Waals surface area contributed by atoms with E-state index in [1.54, 1.807) is 26.5 Å². The number of hydrogen-bond donors (Lipinski definition) is 5. The first kappa shape index (κ1) is 46.5. The Hall–Kier alpha value is -4.90. The van der Waals surface area contributed by atoms with E-state index in [1.165, 1.54) is 15.6 Å². The van der Waals surface area contributed by atoms with E-state index in [1.807, 2.05) is 0 Å². The van der Waals surface area contributed by atoms with Crippen LogP contribution in [0.1, 0.15) is 109 Å². The SMILES string of the molecule is CC(C)N(C(C)C)P(OCCC#N)OCCCCC(=O)NC(CCC(=O)NCc1cn(C)nn1)(CCC(=O)NCc1cn(C)nn1)CCC(=O)NCc1cn[nH]n1. The number of nitrogens with zero attached hydrogens (tertiary/aromatic N) is 10. The maximum atomic E-state index is 13.7. The van der Waals surface area contributed by atoms with Gasteiger partial charge in [0.25, 0.3) is 8.53 Å². The summed E-state index contributed by atoms with van der Waals surface area (Å²) in [7, 11) is 2.05. The highest BCUT2D eigenvalue weighted by Crippen LogP contribution is 2.46. The van der Waals surface area contributed by atoms with Crippen LogP contribution >= 0.6 is 8.53 Å². The maximum absolute atomic E-state index is 13.7. The zero-order valence-corrected chi connectivity index (χ0v) is 34.8. The molecule has 0 fully saturated rings. The number of carbonyl (C=O) groups is 4. The molecule has 1 unspecified atom stereocenters. The van der Waals surface area contributed by atoms with Crippen molar-refractivity contribution in [1.29, 1.82) is 5.26 Å². The van der Waals surface area contributed by atoms with Crippen LogP contribution in [0.25, 0.3) is 0 Å². The molecule has 0 bridgehead atoms. The molecule has 0 saturated carbocycles. The molecule has 0 aliphatic heterocycles. The van der Waals surface area contributed by atoms with E-state index in [9.17, 15) is 19.2 Å². The summed E-state index contributed by atoms with van der Waals surface area (Å²) in [6.45, 7) is 9.35. The predicted molar refractivity (Wildman–Crippen MR) is 208 cm³/mol. The van der Waals surface area contributed by atoms with Gasteiger partial charge in [0.1, 0.15) is 17.1 Å². The number of H-pyrrole nitrogens is 1. The second kappa shape index (κ2) is 24.7. The smallest absolute Gasteiger partial charge is 0.259 e. The van der Waals surface area contributed by atoms with Crippen molar-refractivity contribution in [1.82, 2.24) is 71.3 Å². The molecule has 0 aromatic carbocycles. The average Bonchev–Trinajstić information content (AvgIpc) is 3.95. The first-order valence-corrected chi connectivity index (χ1v) is 20.3. The summed E-state index contributed by atoms with van der Waals surface area (Å²) in [6.07, 6.45) is 6.84. The van der Waals surface area contributed by atoms with Crippen molar-refractivity contribution in [2.45, 2.75) is 129 Å². The van der Waals surface area contributed by atoms with Gasteiger partial charge < -0.3 is 30.3 Å². The second-order valence-electron chi connectivity index (χ2n) is 14.2. The first-order chi connectivity index (χ1) is 27.3. The molecule has 22 heteroatoms. The minimum atomic E-state index is -1.41. The minimum Gasteiger partial charge on any atom is -0.351 e. The molecule has 21 nitrogen and oxygen atoms in total. The van der Waals surface area contributed by atoms with Gasteiger partial charge in [0.2, 0.25) is 23.6 Å². The van der Waals surface area contributed by atoms with Gasteiger partial charge in [-0.15, -0.1) is 10.2 Å². The Bertz CT molecular complexity index is 1640. The molecule has 314 valence electrons. The van der Waals surface area contributed by atoms with Gasteiger partial charge in [0, 0.05) is 69.8 Å². The van der Waals surface area contributed by atoms with E-state index in [0.29, 0.717) is 36.5 Å². The highest BCUT2D eigenvalue weighted by atomic mass is 31.2. The second-order valence-corrected chi connectivity index (χ2v) is 15.7. The quantitative estimate of drug-likeness (QED) is 0.0519.